The topological polar surface area (TPSA) is 70.2 Å². The van der Waals surface area contributed by atoms with Crippen molar-refractivity contribution in [3.05, 3.63) is 70.2 Å². The van der Waals surface area contributed by atoms with E-state index < -0.39 is 5.97 Å². The summed E-state index contributed by atoms with van der Waals surface area (Å²) >= 11 is 4.99. The first-order valence-electron chi connectivity index (χ1n) is 9.06. The molecule has 0 saturated heterocycles. The first-order chi connectivity index (χ1) is 14.1. The van der Waals surface area contributed by atoms with Crippen LogP contribution in [0.25, 0.3) is 16.7 Å². The number of carbonyl (C=O) groups is 1. The second kappa shape index (κ2) is 8.42. The minimum absolute atomic E-state index is 0.231. The van der Waals surface area contributed by atoms with Crippen LogP contribution in [0.4, 0.5) is 0 Å². The highest BCUT2D eigenvalue weighted by atomic mass is 79.9. The molecule has 2 aromatic heterocycles. The van der Waals surface area contributed by atoms with Gasteiger partial charge in [0.05, 0.1) is 6.61 Å². The van der Waals surface area contributed by atoms with Gasteiger partial charge in [0.1, 0.15) is 11.4 Å². The average Bonchev–Trinajstić information content (AvgIpc) is 3.27. The number of aryl methyl sites for hydroxylation is 1. The average molecular weight is 472 g/mol. The number of benzene rings is 2. The van der Waals surface area contributed by atoms with Crippen LogP contribution in [0.15, 0.2) is 62.6 Å². The highest BCUT2D eigenvalue weighted by molar-refractivity contribution is 9.10. The standard InChI is InChI=1S/C21H18BrN3O3S/c1-3-27-20(26)19-17(16-11-14(22)9-10-18(16)28-19)12-29-21-24-23-13(2)25(21)15-7-5-4-6-8-15/h4-11H,3,12H2,1-2H3. The van der Waals surface area contributed by atoms with E-state index in [4.69, 9.17) is 9.15 Å². The molecule has 0 atom stereocenters. The van der Waals surface area contributed by atoms with Crippen molar-refractivity contribution in [2.75, 3.05) is 6.61 Å². The quantitative estimate of drug-likeness (QED) is 0.271. The molecule has 0 fully saturated rings. The minimum Gasteiger partial charge on any atom is -0.460 e. The lowest BCUT2D eigenvalue weighted by molar-refractivity contribution is 0.0491. The number of rotatable bonds is 6. The Morgan fingerprint density at radius 3 is 2.76 bits per heavy atom. The van der Waals surface area contributed by atoms with E-state index in [9.17, 15) is 4.79 Å². The van der Waals surface area contributed by atoms with Gasteiger partial charge in [0.15, 0.2) is 5.16 Å². The molecule has 4 aromatic rings. The van der Waals surface area contributed by atoms with Crippen molar-refractivity contribution < 1.29 is 13.9 Å². The molecule has 0 unspecified atom stereocenters. The molecule has 0 aliphatic heterocycles. The predicted octanol–water partition coefficient (Wildman–Crippen LogP) is 5.55. The van der Waals surface area contributed by atoms with Gasteiger partial charge in [0.2, 0.25) is 5.76 Å². The predicted molar refractivity (Wildman–Crippen MR) is 116 cm³/mol. The number of ether oxygens (including phenoxy) is 1. The van der Waals surface area contributed by atoms with Crippen molar-refractivity contribution in [2.24, 2.45) is 0 Å². The van der Waals surface area contributed by atoms with E-state index >= 15 is 0 Å². The lowest BCUT2D eigenvalue weighted by Gasteiger charge is -2.08. The number of nitrogens with zero attached hydrogens (tertiary/aromatic N) is 3. The maximum absolute atomic E-state index is 12.5. The van der Waals surface area contributed by atoms with Gasteiger partial charge in [-0.15, -0.1) is 10.2 Å². The molecular formula is C21H18BrN3O3S. The number of aromatic nitrogens is 3. The number of fused-ring (bicyclic) bond motifs is 1. The Labute approximate surface area is 180 Å². The molecule has 0 amide bonds. The molecular weight excluding hydrogens is 454 g/mol. The first kappa shape index (κ1) is 19.7. The number of hydrogen-bond acceptors (Lipinski definition) is 6. The lowest BCUT2D eigenvalue weighted by Crippen LogP contribution is -2.06. The van der Waals surface area contributed by atoms with Gasteiger partial charge >= 0.3 is 5.97 Å². The monoisotopic (exact) mass is 471 g/mol. The second-order valence-corrected chi connectivity index (χ2v) is 8.12. The van der Waals surface area contributed by atoms with E-state index in [0.29, 0.717) is 11.3 Å². The molecule has 0 N–H and O–H groups in total. The summed E-state index contributed by atoms with van der Waals surface area (Å²) in [6.07, 6.45) is 0. The van der Waals surface area contributed by atoms with Crippen LogP contribution in [-0.4, -0.2) is 27.3 Å². The number of thioether (sulfide) groups is 1. The van der Waals surface area contributed by atoms with Gasteiger partial charge < -0.3 is 9.15 Å². The minimum atomic E-state index is -0.462. The van der Waals surface area contributed by atoms with E-state index in [0.717, 1.165) is 32.1 Å². The van der Waals surface area contributed by atoms with E-state index in [2.05, 4.69) is 26.1 Å². The molecule has 0 radical (unpaired) electrons. The molecule has 0 saturated carbocycles. The molecule has 2 aromatic carbocycles. The van der Waals surface area contributed by atoms with E-state index in [1.807, 2.05) is 60.0 Å². The smallest absolute Gasteiger partial charge is 0.374 e. The zero-order chi connectivity index (χ0) is 20.4. The molecule has 148 valence electrons. The van der Waals surface area contributed by atoms with E-state index in [-0.39, 0.29) is 12.4 Å². The number of esters is 1. The van der Waals surface area contributed by atoms with Crippen LogP contribution in [-0.2, 0) is 10.5 Å². The third kappa shape index (κ3) is 3.95. The summed E-state index contributed by atoms with van der Waals surface area (Å²) in [5, 5.41) is 10.2. The van der Waals surface area contributed by atoms with Crippen molar-refractivity contribution in [3.63, 3.8) is 0 Å². The van der Waals surface area contributed by atoms with Crippen LogP contribution in [0.3, 0.4) is 0 Å². The van der Waals surface area contributed by atoms with Crippen molar-refractivity contribution in [2.45, 2.75) is 24.8 Å². The Morgan fingerprint density at radius 1 is 1.21 bits per heavy atom. The van der Waals surface area contributed by atoms with Crippen molar-refractivity contribution >= 4 is 44.6 Å². The second-order valence-electron chi connectivity index (χ2n) is 6.26. The summed E-state index contributed by atoms with van der Waals surface area (Å²) in [7, 11) is 0. The van der Waals surface area contributed by atoms with Crippen molar-refractivity contribution in [3.8, 4) is 5.69 Å². The van der Waals surface area contributed by atoms with Gasteiger partial charge in [-0.25, -0.2) is 4.79 Å². The zero-order valence-electron chi connectivity index (χ0n) is 15.9. The fraction of sp³-hybridized carbons (Fsp3) is 0.190. The Kier molecular flexibility index (Phi) is 5.73. The number of furan rings is 1. The maximum atomic E-state index is 12.5. The number of halogens is 1. The van der Waals surface area contributed by atoms with Crippen LogP contribution in [0.5, 0.6) is 0 Å². The summed E-state index contributed by atoms with van der Waals surface area (Å²) < 4.78 is 13.9. The van der Waals surface area contributed by atoms with Crippen LogP contribution >= 0.6 is 27.7 Å². The maximum Gasteiger partial charge on any atom is 0.374 e. The summed E-state index contributed by atoms with van der Waals surface area (Å²) in [5.41, 5.74) is 2.42. The highest BCUT2D eigenvalue weighted by Crippen LogP contribution is 2.34. The van der Waals surface area contributed by atoms with E-state index in [1.165, 1.54) is 11.8 Å². The number of para-hydroxylation sites is 1. The fourth-order valence-electron chi connectivity index (χ4n) is 3.07. The Morgan fingerprint density at radius 2 is 2.00 bits per heavy atom. The third-order valence-electron chi connectivity index (χ3n) is 4.37. The molecule has 0 bridgehead atoms. The molecule has 0 aliphatic carbocycles. The van der Waals surface area contributed by atoms with Crippen molar-refractivity contribution in [1.29, 1.82) is 0 Å². The molecule has 4 rings (SSSR count). The Hall–Kier alpha value is -2.58. The van der Waals surface area contributed by atoms with E-state index in [1.54, 1.807) is 6.92 Å². The molecule has 0 spiro atoms. The van der Waals surface area contributed by atoms with Crippen LogP contribution in [0, 0.1) is 6.92 Å². The zero-order valence-corrected chi connectivity index (χ0v) is 18.3. The molecule has 8 heteroatoms. The van der Waals surface area contributed by atoms with Gasteiger partial charge in [-0.1, -0.05) is 45.9 Å². The summed E-state index contributed by atoms with van der Waals surface area (Å²) in [4.78, 5) is 12.5. The van der Waals surface area contributed by atoms with Gasteiger partial charge in [-0.3, -0.25) is 4.57 Å². The normalized spacial score (nSPS) is 11.1. The summed E-state index contributed by atoms with van der Waals surface area (Å²) in [6.45, 7) is 3.98. The van der Waals surface area contributed by atoms with Crippen LogP contribution < -0.4 is 0 Å². The summed E-state index contributed by atoms with van der Waals surface area (Å²) in [6, 6.07) is 15.6. The van der Waals surface area contributed by atoms with Crippen molar-refractivity contribution in [1.82, 2.24) is 14.8 Å². The molecule has 2 heterocycles. The van der Waals surface area contributed by atoms with Gasteiger partial charge in [-0.05, 0) is 44.2 Å². The fourth-order valence-corrected chi connectivity index (χ4v) is 4.46. The van der Waals surface area contributed by atoms with Gasteiger partial charge in [0, 0.05) is 26.9 Å². The molecule has 29 heavy (non-hydrogen) atoms. The number of hydrogen-bond donors (Lipinski definition) is 0. The SMILES string of the molecule is CCOC(=O)c1oc2ccc(Br)cc2c1CSc1nnc(C)n1-c1ccccc1. The summed E-state index contributed by atoms with van der Waals surface area (Å²) in [5.74, 6) is 1.05. The van der Waals surface area contributed by atoms with Gasteiger partial charge in [-0.2, -0.15) is 0 Å². The lowest BCUT2D eigenvalue weighted by atomic mass is 10.1. The van der Waals surface area contributed by atoms with Crippen LogP contribution in [0.2, 0.25) is 0 Å². The number of carbonyl (C=O) groups excluding carboxylic acids is 1. The first-order valence-corrected chi connectivity index (χ1v) is 10.8. The van der Waals surface area contributed by atoms with Crippen LogP contribution in [0.1, 0.15) is 28.9 Å². The Balaban J connectivity index is 1.71. The molecule has 6 nitrogen and oxygen atoms in total. The third-order valence-corrected chi connectivity index (χ3v) is 5.82. The molecule has 0 aliphatic rings. The van der Waals surface area contributed by atoms with Gasteiger partial charge in [0.25, 0.3) is 0 Å². The largest absolute Gasteiger partial charge is 0.460 e. The highest BCUT2D eigenvalue weighted by Gasteiger charge is 2.23. The Bertz CT molecular complexity index is 1170.